The predicted octanol–water partition coefficient (Wildman–Crippen LogP) is 2.10. The van der Waals surface area contributed by atoms with Crippen LogP contribution in [-0.2, 0) is 11.3 Å². The Labute approximate surface area is 128 Å². The van der Waals surface area contributed by atoms with E-state index in [0.717, 1.165) is 19.4 Å². The summed E-state index contributed by atoms with van der Waals surface area (Å²) in [7, 11) is 5.97. The highest BCUT2D eigenvalue weighted by atomic mass is 16.2. The number of piperidine rings is 1. The Morgan fingerprint density at radius 3 is 2.48 bits per heavy atom. The Bertz CT molecular complexity index is 469. The monoisotopic (exact) mass is 289 g/mol. The Balaban J connectivity index is 1.93. The van der Waals surface area contributed by atoms with Gasteiger partial charge in [0.2, 0.25) is 5.91 Å². The van der Waals surface area contributed by atoms with Gasteiger partial charge in [-0.2, -0.15) is 0 Å². The predicted molar refractivity (Wildman–Crippen MR) is 87.4 cm³/mol. The summed E-state index contributed by atoms with van der Waals surface area (Å²) in [4.78, 5) is 16.5. The number of rotatable bonds is 4. The van der Waals surface area contributed by atoms with E-state index in [1.807, 2.05) is 26.0 Å². The van der Waals surface area contributed by atoms with Crippen molar-refractivity contribution in [3.63, 3.8) is 0 Å². The number of carbonyl (C=O) groups is 1. The first-order chi connectivity index (χ1) is 9.97. The SMILES string of the molecule is CC1CC(C(=O)N(C)Cc2ccc(N(C)C)cc2)CCN1. The fourth-order valence-electron chi connectivity index (χ4n) is 2.92. The van der Waals surface area contributed by atoms with Gasteiger partial charge in [0.1, 0.15) is 0 Å². The summed E-state index contributed by atoms with van der Waals surface area (Å²) < 4.78 is 0. The zero-order valence-electron chi connectivity index (χ0n) is 13.6. The van der Waals surface area contributed by atoms with Crippen LogP contribution in [0.15, 0.2) is 24.3 Å². The van der Waals surface area contributed by atoms with Gasteiger partial charge in [0.25, 0.3) is 0 Å². The molecule has 1 aromatic carbocycles. The number of carbonyl (C=O) groups excluding carboxylic acids is 1. The molecule has 116 valence electrons. The van der Waals surface area contributed by atoms with E-state index >= 15 is 0 Å². The molecule has 0 aliphatic carbocycles. The minimum Gasteiger partial charge on any atom is -0.378 e. The second-order valence-corrected chi connectivity index (χ2v) is 6.33. The van der Waals surface area contributed by atoms with E-state index in [2.05, 4.69) is 41.4 Å². The van der Waals surface area contributed by atoms with Crippen LogP contribution in [0.5, 0.6) is 0 Å². The second kappa shape index (κ2) is 6.94. The molecule has 1 aromatic rings. The lowest BCUT2D eigenvalue weighted by Gasteiger charge is -2.30. The highest BCUT2D eigenvalue weighted by molar-refractivity contribution is 5.78. The van der Waals surface area contributed by atoms with E-state index in [1.165, 1.54) is 11.3 Å². The van der Waals surface area contributed by atoms with Crippen LogP contribution in [0.25, 0.3) is 0 Å². The first-order valence-corrected chi connectivity index (χ1v) is 7.72. The molecule has 0 saturated carbocycles. The fraction of sp³-hybridized carbons (Fsp3) is 0.588. The lowest BCUT2D eigenvalue weighted by Crippen LogP contribution is -2.42. The van der Waals surface area contributed by atoms with E-state index in [1.54, 1.807) is 0 Å². The van der Waals surface area contributed by atoms with Crippen molar-refractivity contribution in [1.82, 2.24) is 10.2 Å². The Kier molecular flexibility index (Phi) is 5.23. The molecule has 1 saturated heterocycles. The lowest BCUT2D eigenvalue weighted by molar-refractivity contribution is -0.135. The van der Waals surface area contributed by atoms with Crippen LogP contribution in [0, 0.1) is 5.92 Å². The Morgan fingerprint density at radius 2 is 1.90 bits per heavy atom. The molecule has 0 bridgehead atoms. The van der Waals surface area contributed by atoms with E-state index < -0.39 is 0 Å². The van der Waals surface area contributed by atoms with Crippen LogP contribution in [0.2, 0.25) is 0 Å². The molecule has 0 aromatic heterocycles. The minimum absolute atomic E-state index is 0.173. The Hall–Kier alpha value is -1.55. The number of amides is 1. The molecule has 4 nitrogen and oxygen atoms in total. The van der Waals surface area contributed by atoms with Crippen molar-refractivity contribution in [3.05, 3.63) is 29.8 Å². The third-order valence-corrected chi connectivity index (χ3v) is 4.22. The molecule has 0 spiro atoms. The molecule has 2 unspecified atom stereocenters. The number of hydrogen-bond acceptors (Lipinski definition) is 3. The van der Waals surface area contributed by atoms with E-state index in [9.17, 15) is 4.79 Å². The molecule has 4 heteroatoms. The van der Waals surface area contributed by atoms with Crippen molar-refractivity contribution in [2.24, 2.45) is 5.92 Å². The van der Waals surface area contributed by atoms with Crippen LogP contribution >= 0.6 is 0 Å². The zero-order valence-corrected chi connectivity index (χ0v) is 13.6. The number of benzene rings is 1. The zero-order chi connectivity index (χ0) is 15.4. The summed E-state index contributed by atoms with van der Waals surface area (Å²) in [6.45, 7) is 3.78. The van der Waals surface area contributed by atoms with Gasteiger partial charge in [0, 0.05) is 45.3 Å². The molecular formula is C17H27N3O. The van der Waals surface area contributed by atoms with Crippen molar-refractivity contribution < 1.29 is 4.79 Å². The largest absolute Gasteiger partial charge is 0.378 e. The van der Waals surface area contributed by atoms with Gasteiger partial charge in [0.15, 0.2) is 0 Å². The summed E-state index contributed by atoms with van der Waals surface area (Å²) in [5.74, 6) is 0.451. The van der Waals surface area contributed by atoms with Crippen LogP contribution in [-0.4, -0.2) is 44.5 Å². The molecule has 1 amide bonds. The standard InChI is InChI=1S/C17H27N3O/c1-13-11-15(9-10-18-13)17(21)20(4)12-14-5-7-16(8-6-14)19(2)3/h5-8,13,15,18H,9-12H2,1-4H3. The van der Waals surface area contributed by atoms with Gasteiger partial charge < -0.3 is 15.1 Å². The average Bonchev–Trinajstić information content (AvgIpc) is 2.47. The molecule has 1 fully saturated rings. The number of hydrogen-bond donors (Lipinski definition) is 1. The van der Waals surface area contributed by atoms with E-state index in [4.69, 9.17) is 0 Å². The van der Waals surface area contributed by atoms with Crippen molar-refractivity contribution in [2.45, 2.75) is 32.4 Å². The molecule has 1 N–H and O–H groups in total. The summed E-state index contributed by atoms with van der Waals surface area (Å²) in [5, 5.41) is 3.40. The summed E-state index contributed by atoms with van der Waals surface area (Å²) in [6, 6.07) is 8.84. The number of nitrogens with zero attached hydrogens (tertiary/aromatic N) is 2. The normalized spacial score (nSPS) is 21.9. The smallest absolute Gasteiger partial charge is 0.225 e. The summed E-state index contributed by atoms with van der Waals surface area (Å²) in [5.41, 5.74) is 2.36. The molecule has 21 heavy (non-hydrogen) atoms. The van der Waals surface area contributed by atoms with Crippen molar-refractivity contribution in [3.8, 4) is 0 Å². The first kappa shape index (κ1) is 15.8. The average molecular weight is 289 g/mol. The molecule has 2 atom stereocenters. The van der Waals surface area contributed by atoms with Crippen LogP contribution in [0.1, 0.15) is 25.3 Å². The van der Waals surface area contributed by atoms with Crippen LogP contribution in [0.4, 0.5) is 5.69 Å². The van der Waals surface area contributed by atoms with Gasteiger partial charge in [-0.3, -0.25) is 4.79 Å². The van der Waals surface area contributed by atoms with Gasteiger partial charge in [-0.25, -0.2) is 0 Å². The van der Waals surface area contributed by atoms with Crippen molar-refractivity contribution in [2.75, 3.05) is 32.6 Å². The number of nitrogens with one attached hydrogen (secondary N) is 1. The van der Waals surface area contributed by atoms with Gasteiger partial charge in [0.05, 0.1) is 0 Å². The third kappa shape index (κ3) is 4.21. The lowest BCUT2D eigenvalue weighted by atomic mass is 9.92. The quantitative estimate of drug-likeness (QED) is 0.922. The summed E-state index contributed by atoms with van der Waals surface area (Å²) >= 11 is 0. The minimum atomic E-state index is 0.173. The van der Waals surface area contributed by atoms with Gasteiger partial charge in [-0.15, -0.1) is 0 Å². The molecule has 2 rings (SSSR count). The second-order valence-electron chi connectivity index (χ2n) is 6.33. The Morgan fingerprint density at radius 1 is 1.24 bits per heavy atom. The van der Waals surface area contributed by atoms with E-state index in [0.29, 0.717) is 12.6 Å². The highest BCUT2D eigenvalue weighted by Gasteiger charge is 2.26. The number of anilines is 1. The highest BCUT2D eigenvalue weighted by Crippen LogP contribution is 2.20. The van der Waals surface area contributed by atoms with Crippen molar-refractivity contribution in [1.29, 1.82) is 0 Å². The first-order valence-electron chi connectivity index (χ1n) is 7.72. The van der Waals surface area contributed by atoms with Crippen LogP contribution < -0.4 is 10.2 Å². The van der Waals surface area contributed by atoms with Gasteiger partial charge in [-0.05, 0) is 44.0 Å². The maximum atomic E-state index is 12.5. The fourth-order valence-corrected chi connectivity index (χ4v) is 2.92. The molecule has 1 aliphatic rings. The van der Waals surface area contributed by atoms with Gasteiger partial charge in [-0.1, -0.05) is 12.1 Å². The molecule has 1 aliphatic heterocycles. The maximum Gasteiger partial charge on any atom is 0.225 e. The molecule has 0 radical (unpaired) electrons. The molecule has 1 heterocycles. The van der Waals surface area contributed by atoms with Crippen LogP contribution in [0.3, 0.4) is 0 Å². The van der Waals surface area contributed by atoms with E-state index in [-0.39, 0.29) is 11.8 Å². The molecular weight excluding hydrogens is 262 g/mol. The maximum absolute atomic E-state index is 12.5. The van der Waals surface area contributed by atoms with Gasteiger partial charge >= 0.3 is 0 Å². The summed E-state index contributed by atoms with van der Waals surface area (Å²) in [6.07, 6.45) is 1.90. The third-order valence-electron chi connectivity index (χ3n) is 4.22. The topological polar surface area (TPSA) is 35.6 Å². The van der Waals surface area contributed by atoms with Crippen molar-refractivity contribution >= 4 is 11.6 Å².